The minimum atomic E-state index is -0.000967. The van der Waals surface area contributed by atoms with Crippen LogP contribution < -0.4 is 10.2 Å². The molecule has 0 unspecified atom stereocenters. The minimum Gasteiger partial charge on any atom is -0.314 e. The summed E-state index contributed by atoms with van der Waals surface area (Å²) >= 11 is 0. The van der Waals surface area contributed by atoms with Gasteiger partial charge in [-0.1, -0.05) is 24.6 Å². The molecule has 0 aliphatic carbocycles. The first-order valence-electron chi connectivity index (χ1n) is 5.85. The Bertz CT molecular complexity index is 344. The van der Waals surface area contributed by atoms with Crippen LogP contribution in [0.3, 0.4) is 0 Å². The second kappa shape index (κ2) is 5.12. The van der Waals surface area contributed by atoms with Crippen molar-refractivity contribution in [2.75, 3.05) is 18.5 Å². The standard InChI is InChI=1S/C13H18N2O/c1-15(11-7-3-2-4-8-11)13(16)12-9-5-6-10-14-12/h2-4,7-8,12,14H,5-6,9-10H2,1H3/t12-/m1/s1. The lowest BCUT2D eigenvalue weighted by Crippen LogP contribution is -2.47. The van der Waals surface area contributed by atoms with Crippen molar-refractivity contribution in [1.29, 1.82) is 0 Å². The van der Waals surface area contributed by atoms with Gasteiger partial charge in [0.05, 0.1) is 6.04 Å². The van der Waals surface area contributed by atoms with E-state index in [1.807, 2.05) is 37.4 Å². The van der Waals surface area contributed by atoms with Gasteiger partial charge in [-0.25, -0.2) is 0 Å². The Morgan fingerprint density at radius 1 is 1.31 bits per heavy atom. The van der Waals surface area contributed by atoms with E-state index in [9.17, 15) is 4.79 Å². The zero-order valence-corrected chi connectivity index (χ0v) is 9.65. The van der Waals surface area contributed by atoms with Crippen molar-refractivity contribution in [2.24, 2.45) is 0 Å². The van der Waals surface area contributed by atoms with Crippen molar-refractivity contribution >= 4 is 11.6 Å². The van der Waals surface area contributed by atoms with E-state index in [4.69, 9.17) is 0 Å². The van der Waals surface area contributed by atoms with Crippen LogP contribution in [-0.4, -0.2) is 25.5 Å². The fourth-order valence-corrected chi connectivity index (χ4v) is 2.08. The second-order valence-corrected chi connectivity index (χ2v) is 4.24. The number of benzene rings is 1. The van der Waals surface area contributed by atoms with E-state index in [0.29, 0.717) is 0 Å². The molecule has 1 N–H and O–H groups in total. The van der Waals surface area contributed by atoms with Crippen molar-refractivity contribution in [3.8, 4) is 0 Å². The van der Waals surface area contributed by atoms with E-state index >= 15 is 0 Å². The first kappa shape index (κ1) is 11.1. The van der Waals surface area contributed by atoms with Crippen LogP contribution in [0.5, 0.6) is 0 Å². The lowest BCUT2D eigenvalue weighted by Gasteiger charge is -2.27. The molecule has 1 amide bonds. The molecule has 1 aliphatic heterocycles. The molecule has 1 fully saturated rings. The summed E-state index contributed by atoms with van der Waals surface area (Å²) in [5, 5.41) is 3.28. The quantitative estimate of drug-likeness (QED) is 0.820. The average molecular weight is 218 g/mol. The van der Waals surface area contributed by atoms with Crippen molar-refractivity contribution in [3.05, 3.63) is 30.3 Å². The molecule has 1 heterocycles. The van der Waals surface area contributed by atoms with Gasteiger partial charge in [0.25, 0.3) is 0 Å². The van der Waals surface area contributed by atoms with Gasteiger partial charge in [-0.3, -0.25) is 4.79 Å². The lowest BCUT2D eigenvalue weighted by molar-refractivity contribution is -0.120. The Morgan fingerprint density at radius 3 is 2.69 bits per heavy atom. The summed E-state index contributed by atoms with van der Waals surface area (Å²) in [6, 6.07) is 9.78. The van der Waals surface area contributed by atoms with Crippen LogP contribution in [-0.2, 0) is 4.79 Å². The zero-order valence-electron chi connectivity index (χ0n) is 9.65. The summed E-state index contributed by atoms with van der Waals surface area (Å²) in [7, 11) is 1.84. The first-order chi connectivity index (χ1) is 7.79. The third kappa shape index (κ3) is 2.42. The number of anilines is 1. The highest BCUT2D eigenvalue weighted by atomic mass is 16.2. The molecule has 0 spiro atoms. The summed E-state index contributed by atoms with van der Waals surface area (Å²) in [4.78, 5) is 13.9. The molecule has 1 aromatic carbocycles. The summed E-state index contributed by atoms with van der Waals surface area (Å²) < 4.78 is 0. The van der Waals surface area contributed by atoms with Crippen LogP contribution >= 0.6 is 0 Å². The van der Waals surface area contributed by atoms with Gasteiger partial charge in [0.1, 0.15) is 0 Å². The van der Waals surface area contributed by atoms with Crippen molar-refractivity contribution in [2.45, 2.75) is 25.3 Å². The zero-order chi connectivity index (χ0) is 11.4. The molecule has 3 nitrogen and oxygen atoms in total. The molecular weight excluding hydrogens is 200 g/mol. The molecule has 0 radical (unpaired) electrons. The lowest BCUT2D eigenvalue weighted by atomic mass is 10.0. The second-order valence-electron chi connectivity index (χ2n) is 4.24. The maximum atomic E-state index is 12.2. The van der Waals surface area contributed by atoms with Crippen molar-refractivity contribution in [3.63, 3.8) is 0 Å². The summed E-state index contributed by atoms with van der Waals surface area (Å²) in [6.07, 6.45) is 3.28. The largest absolute Gasteiger partial charge is 0.314 e. The third-order valence-corrected chi connectivity index (χ3v) is 3.08. The van der Waals surface area contributed by atoms with E-state index in [-0.39, 0.29) is 11.9 Å². The van der Waals surface area contributed by atoms with Gasteiger partial charge in [-0.2, -0.15) is 0 Å². The van der Waals surface area contributed by atoms with Gasteiger partial charge in [-0.05, 0) is 31.5 Å². The van der Waals surface area contributed by atoms with E-state index in [2.05, 4.69) is 5.32 Å². The monoisotopic (exact) mass is 218 g/mol. The predicted molar refractivity (Wildman–Crippen MR) is 65.5 cm³/mol. The smallest absolute Gasteiger partial charge is 0.243 e. The first-order valence-corrected chi connectivity index (χ1v) is 5.85. The Balaban J connectivity index is 2.04. The molecule has 0 bridgehead atoms. The number of para-hydroxylation sites is 1. The van der Waals surface area contributed by atoms with Gasteiger partial charge in [-0.15, -0.1) is 0 Å². The Labute approximate surface area is 96.5 Å². The molecule has 1 aromatic rings. The highest BCUT2D eigenvalue weighted by Crippen LogP contribution is 2.15. The third-order valence-electron chi connectivity index (χ3n) is 3.08. The highest BCUT2D eigenvalue weighted by molar-refractivity contribution is 5.96. The fourth-order valence-electron chi connectivity index (χ4n) is 2.08. The number of piperidine rings is 1. The SMILES string of the molecule is CN(C(=O)[C@H]1CCCCN1)c1ccccc1. The van der Waals surface area contributed by atoms with Gasteiger partial charge >= 0.3 is 0 Å². The van der Waals surface area contributed by atoms with Crippen molar-refractivity contribution < 1.29 is 4.79 Å². The van der Waals surface area contributed by atoms with E-state index in [0.717, 1.165) is 25.1 Å². The number of nitrogens with one attached hydrogen (secondary N) is 1. The number of hydrogen-bond acceptors (Lipinski definition) is 2. The van der Waals surface area contributed by atoms with Crippen molar-refractivity contribution in [1.82, 2.24) is 5.32 Å². The Hall–Kier alpha value is -1.35. The molecule has 0 saturated carbocycles. The normalized spacial score (nSPS) is 20.4. The molecule has 1 aliphatic rings. The Morgan fingerprint density at radius 2 is 2.06 bits per heavy atom. The Kier molecular flexibility index (Phi) is 3.57. The number of rotatable bonds is 2. The summed E-state index contributed by atoms with van der Waals surface area (Å²) in [6.45, 7) is 0.957. The molecular formula is C13H18N2O. The van der Waals surface area contributed by atoms with Gasteiger partial charge in [0.15, 0.2) is 0 Å². The van der Waals surface area contributed by atoms with E-state index < -0.39 is 0 Å². The van der Waals surface area contributed by atoms with Crippen LogP contribution in [0, 0.1) is 0 Å². The summed E-state index contributed by atoms with van der Waals surface area (Å²) in [5.41, 5.74) is 0.958. The number of likely N-dealkylation sites (N-methyl/N-ethyl adjacent to an activating group) is 1. The van der Waals surface area contributed by atoms with Gasteiger partial charge in [0.2, 0.25) is 5.91 Å². The van der Waals surface area contributed by atoms with Gasteiger partial charge in [0, 0.05) is 12.7 Å². The molecule has 3 heteroatoms. The topological polar surface area (TPSA) is 32.3 Å². The van der Waals surface area contributed by atoms with Crippen LogP contribution in [0.15, 0.2) is 30.3 Å². The van der Waals surface area contributed by atoms with Crippen LogP contribution in [0.1, 0.15) is 19.3 Å². The van der Waals surface area contributed by atoms with E-state index in [1.54, 1.807) is 4.90 Å². The average Bonchev–Trinajstić information content (AvgIpc) is 2.39. The fraction of sp³-hybridized carbons (Fsp3) is 0.462. The van der Waals surface area contributed by atoms with Crippen LogP contribution in [0.4, 0.5) is 5.69 Å². The summed E-state index contributed by atoms with van der Waals surface area (Å²) in [5.74, 6) is 0.172. The molecule has 2 rings (SSSR count). The number of hydrogen-bond donors (Lipinski definition) is 1. The number of amides is 1. The maximum Gasteiger partial charge on any atom is 0.243 e. The number of nitrogens with zero attached hydrogens (tertiary/aromatic N) is 1. The molecule has 16 heavy (non-hydrogen) atoms. The highest BCUT2D eigenvalue weighted by Gasteiger charge is 2.23. The van der Waals surface area contributed by atoms with Crippen LogP contribution in [0.25, 0.3) is 0 Å². The van der Waals surface area contributed by atoms with E-state index in [1.165, 1.54) is 6.42 Å². The number of carbonyl (C=O) groups is 1. The maximum absolute atomic E-state index is 12.2. The molecule has 1 saturated heterocycles. The van der Waals surface area contributed by atoms with Crippen LogP contribution in [0.2, 0.25) is 0 Å². The van der Waals surface area contributed by atoms with Gasteiger partial charge < -0.3 is 10.2 Å². The predicted octanol–water partition coefficient (Wildman–Crippen LogP) is 1.79. The molecule has 1 atom stereocenters. The molecule has 86 valence electrons. The number of carbonyl (C=O) groups excluding carboxylic acids is 1. The molecule has 0 aromatic heterocycles. The minimum absolute atomic E-state index is 0.000967.